The lowest BCUT2D eigenvalue weighted by Gasteiger charge is -2.25. The minimum Gasteiger partial charge on any atom is -0.369 e. The van der Waals surface area contributed by atoms with Gasteiger partial charge in [0.1, 0.15) is 0 Å². The van der Waals surface area contributed by atoms with Crippen LogP contribution in [0.3, 0.4) is 0 Å². The molecule has 1 atom stereocenters. The average molecular weight is 358 g/mol. The molecule has 2 N–H and O–H groups in total. The predicted molar refractivity (Wildman–Crippen MR) is 111 cm³/mol. The van der Waals surface area contributed by atoms with Gasteiger partial charge in [0.25, 0.3) is 0 Å². The largest absolute Gasteiger partial charge is 0.369 e. The Balaban J connectivity index is 1.73. The van der Waals surface area contributed by atoms with E-state index in [1.165, 1.54) is 52.7 Å². The van der Waals surface area contributed by atoms with Crippen LogP contribution in [0.25, 0.3) is 22.0 Å². The van der Waals surface area contributed by atoms with Crippen LogP contribution < -0.4 is 10.6 Å². The van der Waals surface area contributed by atoms with Crippen LogP contribution in [0, 0.1) is 0 Å². The number of anilines is 1. The highest BCUT2D eigenvalue weighted by Gasteiger charge is 2.26. The molecule has 3 aromatic rings. The summed E-state index contributed by atoms with van der Waals surface area (Å²) in [5.41, 5.74) is 14.0. The van der Waals surface area contributed by atoms with Crippen LogP contribution in [-0.4, -0.2) is 29.1 Å². The Bertz CT molecular complexity index is 967. The molecule has 3 heterocycles. The van der Waals surface area contributed by atoms with Crippen molar-refractivity contribution < 1.29 is 0 Å². The van der Waals surface area contributed by atoms with Gasteiger partial charge in [-0.15, -0.1) is 0 Å². The highest BCUT2D eigenvalue weighted by atomic mass is 15.2. The average Bonchev–Trinajstić information content (AvgIpc) is 2.99. The monoisotopic (exact) mass is 358 g/mol. The van der Waals surface area contributed by atoms with Gasteiger partial charge in [-0.25, -0.2) is 0 Å². The molecule has 0 spiro atoms. The number of nitrogens with zero attached hydrogens (tertiary/aromatic N) is 3. The number of aromatic nitrogens is 2. The minimum absolute atomic E-state index is 0.276. The van der Waals surface area contributed by atoms with Crippen LogP contribution in [0.1, 0.15) is 36.9 Å². The molecule has 5 rings (SSSR count). The molecule has 0 saturated carbocycles. The molecule has 1 aromatic carbocycles. The highest BCUT2D eigenvalue weighted by Crippen LogP contribution is 2.38. The quantitative estimate of drug-likeness (QED) is 0.701. The highest BCUT2D eigenvalue weighted by molar-refractivity contribution is 5.97. The Kier molecular flexibility index (Phi) is 4.29. The lowest BCUT2D eigenvalue weighted by molar-refractivity contribution is 0.708. The Labute approximate surface area is 160 Å². The van der Waals surface area contributed by atoms with Crippen molar-refractivity contribution in [1.82, 2.24) is 9.97 Å². The van der Waals surface area contributed by atoms with Gasteiger partial charge in [0.05, 0.1) is 11.2 Å². The first-order valence-electron chi connectivity index (χ1n) is 10.2. The van der Waals surface area contributed by atoms with Gasteiger partial charge in [-0.3, -0.25) is 9.97 Å². The van der Waals surface area contributed by atoms with Gasteiger partial charge in [0.15, 0.2) is 0 Å². The summed E-state index contributed by atoms with van der Waals surface area (Å²) in [6, 6.07) is 11.1. The van der Waals surface area contributed by atoms with Crippen LogP contribution in [0.15, 0.2) is 42.7 Å². The van der Waals surface area contributed by atoms with E-state index in [0.29, 0.717) is 0 Å². The Morgan fingerprint density at radius 1 is 0.963 bits per heavy atom. The molecular weight excluding hydrogens is 332 g/mol. The number of benzene rings is 1. The number of pyridine rings is 2. The van der Waals surface area contributed by atoms with E-state index >= 15 is 0 Å². The molecule has 2 aliphatic rings. The summed E-state index contributed by atoms with van der Waals surface area (Å²) in [6.07, 6.45) is 10.8. The van der Waals surface area contributed by atoms with E-state index in [4.69, 9.17) is 10.7 Å². The van der Waals surface area contributed by atoms with Crippen molar-refractivity contribution in [2.24, 2.45) is 5.73 Å². The van der Waals surface area contributed by atoms with Gasteiger partial charge in [-0.2, -0.15) is 0 Å². The number of rotatable bonds is 2. The van der Waals surface area contributed by atoms with E-state index in [2.05, 4.69) is 40.2 Å². The van der Waals surface area contributed by atoms with E-state index in [-0.39, 0.29) is 6.04 Å². The molecule has 0 bridgehead atoms. The molecule has 27 heavy (non-hydrogen) atoms. The van der Waals surface area contributed by atoms with E-state index in [1.807, 2.05) is 12.4 Å². The fourth-order valence-electron chi connectivity index (χ4n) is 4.65. The second-order valence-corrected chi connectivity index (χ2v) is 7.91. The molecule has 1 unspecified atom stereocenters. The zero-order chi connectivity index (χ0) is 18.2. The van der Waals surface area contributed by atoms with Crippen molar-refractivity contribution in [1.29, 1.82) is 0 Å². The maximum Gasteiger partial charge on any atom is 0.0726 e. The minimum atomic E-state index is 0.276. The van der Waals surface area contributed by atoms with E-state index in [0.717, 1.165) is 37.9 Å². The van der Waals surface area contributed by atoms with E-state index in [9.17, 15) is 0 Å². The molecule has 4 nitrogen and oxygen atoms in total. The standard InChI is InChI=1S/C23H26N4/c24-18-10-13-27(15-18)23-19-4-2-1-3-5-21(19)26-22-7-6-17(14-20(22)23)16-8-11-25-12-9-16/h6-9,11-12,14,18H,1-5,10,13,15,24H2. The molecule has 1 fully saturated rings. The van der Waals surface area contributed by atoms with Crippen molar-refractivity contribution in [2.75, 3.05) is 18.0 Å². The Morgan fingerprint density at radius 2 is 1.81 bits per heavy atom. The van der Waals surface area contributed by atoms with Crippen LogP contribution in [0.5, 0.6) is 0 Å². The Morgan fingerprint density at radius 3 is 2.63 bits per heavy atom. The summed E-state index contributed by atoms with van der Waals surface area (Å²) in [5, 5.41) is 1.28. The van der Waals surface area contributed by atoms with E-state index < -0.39 is 0 Å². The number of hydrogen-bond donors (Lipinski definition) is 1. The predicted octanol–water partition coefficient (Wildman–Crippen LogP) is 4.10. The summed E-state index contributed by atoms with van der Waals surface area (Å²) >= 11 is 0. The molecule has 4 heteroatoms. The third-order valence-electron chi connectivity index (χ3n) is 6.04. The molecule has 1 saturated heterocycles. The lowest BCUT2D eigenvalue weighted by atomic mass is 9.98. The lowest BCUT2D eigenvalue weighted by Crippen LogP contribution is -2.27. The maximum absolute atomic E-state index is 6.27. The van der Waals surface area contributed by atoms with Crippen molar-refractivity contribution >= 4 is 16.6 Å². The second-order valence-electron chi connectivity index (χ2n) is 7.91. The summed E-state index contributed by atoms with van der Waals surface area (Å²) in [5.74, 6) is 0. The first-order chi connectivity index (χ1) is 13.3. The van der Waals surface area contributed by atoms with E-state index in [1.54, 1.807) is 0 Å². The maximum atomic E-state index is 6.27. The summed E-state index contributed by atoms with van der Waals surface area (Å²) < 4.78 is 0. The van der Waals surface area contributed by atoms with Gasteiger partial charge >= 0.3 is 0 Å². The SMILES string of the molecule is NC1CCN(c2c3c(nc4ccc(-c5ccncc5)cc24)CCCCC3)C1. The first-order valence-corrected chi connectivity index (χ1v) is 10.2. The second kappa shape index (κ2) is 6.93. The third kappa shape index (κ3) is 3.08. The van der Waals surface area contributed by atoms with Gasteiger partial charge < -0.3 is 10.6 Å². The number of nitrogens with two attached hydrogens (primary N) is 1. The van der Waals surface area contributed by atoms with Gasteiger partial charge in [-0.1, -0.05) is 12.5 Å². The fraction of sp³-hybridized carbons (Fsp3) is 0.391. The molecule has 1 aliphatic carbocycles. The van der Waals surface area contributed by atoms with Crippen LogP contribution in [0.2, 0.25) is 0 Å². The molecule has 138 valence electrons. The topological polar surface area (TPSA) is 55.0 Å². The smallest absolute Gasteiger partial charge is 0.0726 e. The molecular formula is C23H26N4. The fourth-order valence-corrected chi connectivity index (χ4v) is 4.65. The molecule has 2 aromatic heterocycles. The zero-order valence-corrected chi connectivity index (χ0v) is 15.7. The number of aryl methyl sites for hydroxylation is 1. The molecule has 0 radical (unpaired) electrons. The summed E-state index contributed by atoms with van der Waals surface area (Å²) in [7, 11) is 0. The van der Waals surface area contributed by atoms with Crippen LogP contribution >= 0.6 is 0 Å². The van der Waals surface area contributed by atoms with Crippen molar-refractivity contribution in [3.8, 4) is 11.1 Å². The van der Waals surface area contributed by atoms with Gasteiger partial charge in [0.2, 0.25) is 0 Å². The molecule has 1 aliphatic heterocycles. The summed E-state index contributed by atoms with van der Waals surface area (Å²) in [4.78, 5) is 11.8. The molecule has 0 amide bonds. The third-order valence-corrected chi connectivity index (χ3v) is 6.04. The summed E-state index contributed by atoms with van der Waals surface area (Å²) in [6.45, 7) is 2.00. The van der Waals surface area contributed by atoms with Gasteiger partial charge in [0, 0.05) is 42.6 Å². The number of hydrogen-bond acceptors (Lipinski definition) is 4. The first kappa shape index (κ1) is 16.7. The van der Waals surface area contributed by atoms with Crippen LogP contribution in [-0.2, 0) is 12.8 Å². The number of fused-ring (bicyclic) bond motifs is 2. The zero-order valence-electron chi connectivity index (χ0n) is 15.7. The normalized spacial score (nSPS) is 19.9. The Hall–Kier alpha value is -2.46. The van der Waals surface area contributed by atoms with Crippen LogP contribution in [0.4, 0.5) is 5.69 Å². The van der Waals surface area contributed by atoms with Crippen molar-refractivity contribution in [2.45, 2.75) is 44.6 Å². The van der Waals surface area contributed by atoms with Crippen molar-refractivity contribution in [3.63, 3.8) is 0 Å². The van der Waals surface area contributed by atoms with Gasteiger partial charge in [-0.05, 0) is 73.1 Å². The van der Waals surface area contributed by atoms with Crippen molar-refractivity contribution in [3.05, 3.63) is 54.0 Å².